The van der Waals surface area contributed by atoms with Gasteiger partial charge < -0.3 is 14.2 Å². The van der Waals surface area contributed by atoms with Crippen molar-refractivity contribution >= 4 is 5.78 Å². The molecule has 4 nitrogen and oxygen atoms in total. The summed E-state index contributed by atoms with van der Waals surface area (Å²) in [6, 6.07) is 14.7. The minimum atomic E-state index is 0.135. The number of hydrogen-bond acceptors (Lipinski definition) is 4. The maximum Gasteiger partial charge on any atom is 0.162 e. The van der Waals surface area contributed by atoms with Crippen molar-refractivity contribution < 1.29 is 19.0 Å². The molecule has 0 aliphatic carbocycles. The molecule has 122 valence electrons. The first kappa shape index (κ1) is 16.9. The second-order valence-corrected chi connectivity index (χ2v) is 4.90. The van der Waals surface area contributed by atoms with Crippen LogP contribution in [0.15, 0.2) is 48.5 Å². The Hall–Kier alpha value is -2.49. The molecule has 0 aromatic heterocycles. The van der Waals surface area contributed by atoms with Gasteiger partial charge in [0, 0.05) is 12.0 Å². The molecule has 0 atom stereocenters. The average molecular weight is 314 g/mol. The maximum atomic E-state index is 11.5. The van der Waals surface area contributed by atoms with Gasteiger partial charge in [-0.1, -0.05) is 6.92 Å². The van der Waals surface area contributed by atoms with Gasteiger partial charge in [0.2, 0.25) is 0 Å². The van der Waals surface area contributed by atoms with Gasteiger partial charge in [0.1, 0.15) is 30.5 Å². The van der Waals surface area contributed by atoms with E-state index in [9.17, 15) is 4.79 Å². The first-order valence-corrected chi connectivity index (χ1v) is 7.84. The molecule has 0 aliphatic rings. The number of ether oxygens (including phenoxy) is 3. The number of ketones is 1. The lowest BCUT2D eigenvalue weighted by molar-refractivity contribution is 0.0988. The Morgan fingerprint density at radius 3 is 1.61 bits per heavy atom. The third-order valence-electron chi connectivity index (χ3n) is 3.25. The van der Waals surface area contributed by atoms with E-state index in [0.717, 1.165) is 17.2 Å². The minimum Gasteiger partial charge on any atom is -0.494 e. The van der Waals surface area contributed by atoms with E-state index in [4.69, 9.17) is 14.2 Å². The van der Waals surface area contributed by atoms with E-state index >= 15 is 0 Å². The van der Waals surface area contributed by atoms with Gasteiger partial charge in [0.05, 0.1) is 6.61 Å². The molecule has 0 unspecified atom stereocenters. The first-order valence-electron chi connectivity index (χ1n) is 7.84. The van der Waals surface area contributed by atoms with Crippen LogP contribution < -0.4 is 14.2 Å². The summed E-state index contributed by atoms with van der Waals surface area (Å²) in [6.45, 7) is 5.34. The lowest BCUT2D eigenvalue weighted by Gasteiger charge is -2.09. The summed E-state index contributed by atoms with van der Waals surface area (Å²) in [5, 5.41) is 0. The molecule has 2 rings (SSSR count). The van der Waals surface area contributed by atoms with E-state index in [1.807, 2.05) is 38.1 Å². The number of carbonyl (C=O) groups excluding carboxylic acids is 1. The second kappa shape index (κ2) is 8.83. The van der Waals surface area contributed by atoms with Crippen molar-refractivity contribution in [1.82, 2.24) is 0 Å². The van der Waals surface area contributed by atoms with E-state index < -0.39 is 0 Å². The third kappa shape index (κ3) is 5.33. The number of Topliss-reactive ketones (excluding diaryl/α,β-unsaturated/α-hetero) is 1. The molecule has 0 saturated heterocycles. The van der Waals surface area contributed by atoms with Crippen molar-refractivity contribution in [2.24, 2.45) is 0 Å². The third-order valence-corrected chi connectivity index (χ3v) is 3.25. The molecule has 23 heavy (non-hydrogen) atoms. The predicted molar refractivity (Wildman–Crippen MR) is 89.7 cm³/mol. The molecule has 0 aliphatic heterocycles. The zero-order valence-corrected chi connectivity index (χ0v) is 13.6. The lowest BCUT2D eigenvalue weighted by Crippen LogP contribution is -2.09. The van der Waals surface area contributed by atoms with Crippen LogP contribution in [-0.2, 0) is 0 Å². The number of hydrogen-bond donors (Lipinski definition) is 0. The second-order valence-electron chi connectivity index (χ2n) is 4.90. The Morgan fingerprint density at radius 2 is 1.17 bits per heavy atom. The SMILES string of the molecule is CCOc1ccc(OCCOc2ccc(C(=O)CC)cc2)cc1. The molecule has 0 bridgehead atoms. The van der Waals surface area contributed by atoms with Crippen LogP contribution in [-0.4, -0.2) is 25.6 Å². The largest absolute Gasteiger partial charge is 0.494 e. The van der Waals surface area contributed by atoms with Crippen LogP contribution in [0.2, 0.25) is 0 Å². The highest BCUT2D eigenvalue weighted by atomic mass is 16.5. The van der Waals surface area contributed by atoms with E-state index in [1.54, 1.807) is 24.3 Å². The quantitative estimate of drug-likeness (QED) is 0.515. The summed E-state index contributed by atoms with van der Waals surface area (Å²) in [7, 11) is 0. The number of carbonyl (C=O) groups is 1. The molecule has 0 radical (unpaired) electrons. The zero-order chi connectivity index (χ0) is 16.5. The van der Waals surface area contributed by atoms with Crippen LogP contribution in [0.3, 0.4) is 0 Å². The van der Waals surface area contributed by atoms with Crippen LogP contribution in [0.5, 0.6) is 17.2 Å². The predicted octanol–water partition coefficient (Wildman–Crippen LogP) is 4.14. The molecule has 2 aromatic carbocycles. The monoisotopic (exact) mass is 314 g/mol. The van der Waals surface area contributed by atoms with Crippen molar-refractivity contribution in [1.29, 1.82) is 0 Å². The summed E-state index contributed by atoms with van der Waals surface area (Å²) in [5.41, 5.74) is 0.713. The average Bonchev–Trinajstić information content (AvgIpc) is 2.60. The fourth-order valence-electron chi connectivity index (χ4n) is 2.06. The van der Waals surface area contributed by atoms with E-state index in [1.165, 1.54) is 0 Å². The Bertz CT molecular complexity index is 602. The van der Waals surface area contributed by atoms with Gasteiger partial charge in [0.15, 0.2) is 5.78 Å². The van der Waals surface area contributed by atoms with Crippen LogP contribution >= 0.6 is 0 Å². The van der Waals surface area contributed by atoms with E-state index in [-0.39, 0.29) is 5.78 Å². The molecule has 0 heterocycles. The van der Waals surface area contributed by atoms with Gasteiger partial charge >= 0.3 is 0 Å². The first-order chi connectivity index (χ1) is 11.2. The molecule has 2 aromatic rings. The van der Waals surface area contributed by atoms with E-state index in [0.29, 0.717) is 31.8 Å². The van der Waals surface area contributed by atoms with Gasteiger partial charge in [-0.15, -0.1) is 0 Å². The van der Waals surface area contributed by atoms with Crippen molar-refractivity contribution in [2.75, 3.05) is 19.8 Å². The molecule has 0 N–H and O–H groups in total. The van der Waals surface area contributed by atoms with Crippen molar-refractivity contribution in [3.05, 3.63) is 54.1 Å². The number of benzene rings is 2. The standard InChI is InChI=1S/C19H22O4/c1-3-19(20)15-5-7-17(8-6-15)22-13-14-23-18-11-9-16(10-12-18)21-4-2/h5-12H,3-4,13-14H2,1-2H3. The minimum absolute atomic E-state index is 0.135. The normalized spacial score (nSPS) is 10.2. The van der Waals surface area contributed by atoms with Gasteiger partial charge in [-0.2, -0.15) is 0 Å². The molecule has 0 saturated carbocycles. The Kier molecular flexibility index (Phi) is 6.48. The summed E-state index contributed by atoms with van der Waals surface area (Å²) in [4.78, 5) is 11.5. The van der Waals surface area contributed by atoms with Crippen molar-refractivity contribution in [3.8, 4) is 17.2 Å². The van der Waals surface area contributed by atoms with Crippen molar-refractivity contribution in [3.63, 3.8) is 0 Å². The Balaban J connectivity index is 1.73. The lowest BCUT2D eigenvalue weighted by atomic mass is 10.1. The van der Waals surface area contributed by atoms with Gasteiger partial charge in [-0.05, 0) is 55.5 Å². The fraction of sp³-hybridized carbons (Fsp3) is 0.316. The summed E-state index contributed by atoms with van der Waals surface area (Å²) in [6.07, 6.45) is 0.510. The van der Waals surface area contributed by atoms with Crippen LogP contribution in [0.4, 0.5) is 0 Å². The van der Waals surface area contributed by atoms with Gasteiger partial charge in [-0.3, -0.25) is 4.79 Å². The molecule has 0 amide bonds. The zero-order valence-electron chi connectivity index (χ0n) is 13.6. The van der Waals surface area contributed by atoms with Gasteiger partial charge in [0.25, 0.3) is 0 Å². The molecular formula is C19H22O4. The van der Waals surface area contributed by atoms with Crippen LogP contribution in [0, 0.1) is 0 Å². The highest BCUT2D eigenvalue weighted by Gasteiger charge is 2.03. The molecule has 0 spiro atoms. The molecule has 0 fully saturated rings. The van der Waals surface area contributed by atoms with Gasteiger partial charge in [-0.25, -0.2) is 0 Å². The number of rotatable bonds is 9. The Labute approximate surface area is 137 Å². The summed E-state index contributed by atoms with van der Waals surface area (Å²) >= 11 is 0. The summed E-state index contributed by atoms with van der Waals surface area (Å²) in [5.74, 6) is 2.47. The van der Waals surface area contributed by atoms with Crippen LogP contribution in [0.25, 0.3) is 0 Å². The fourth-order valence-corrected chi connectivity index (χ4v) is 2.06. The van der Waals surface area contributed by atoms with E-state index in [2.05, 4.69) is 0 Å². The Morgan fingerprint density at radius 1 is 0.739 bits per heavy atom. The highest BCUT2D eigenvalue weighted by Crippen LogP contribution is 2.18. The van der Waals surface area contributed by atoms with Crippen molar-refractivity contribution in [2.45, 2.75) is 20.3 Å². The summed E-state index contributed by atoms with van der Waals surface area (Å²) < 4.78 is 16.6. The van der Waals surface area contributed by atoms with Crippen LogP contribution in [0.1, 0.15) is 30.6 Å². The smallest absolute Gasteiger partial charge is 0.162 e. The highest BCUT2D eigenvalue weighted by molar-refractivity contribution is 5.95. The topological polar surface area (TPSA) is 44.8 Å². The maximum absolute atomic E-state index is 11.5. The molecule has 4 heteroatoms. The molecular weight excluding hydrogens is 292 g/mol.